The number of nitrogens with zero attached hydrogens (tertiary/aromatic N) is 7. The molecule has 0 N–H and O–H groups in total. The topological polar surface area (TPSA) is 102 Å². The van der Waals surface area contributed by atoms with Crippen LogP contribution in [0.5, 0.6) is 0 Å². The van der Waals surface area contributed by atoms with Gasteiger partial charge in [0.25, 0.3) is 0 Å². The van der Waals surface area contributed by atoms with E-state index in [1.165, 1.54) is 10.5 Å². The Balaban J connectivity index is 1.36. The Hall–Kier alpha value is -3.43. The number of rotatable bonds is 5. The van der Waals surface area contributed by atoms with E-state index in [2.05, 4.69) is 54.6 Å². The maximum Gasteiger partial charge on any atom is 0.330 e. The van der Waals surface area contributed by atoms with Crippen LogP contribution in [0.2, 0.25) is 0 Å². The first-order chi connectivity index (χ1) is 14.4. The van der Waals surface area contributed by atoms with Crippen LogP contribution in [0.25, 0.3) is 11.6 Å². The quantitative estimate of drug-likeness (QED) is 0.583. The number of esters is 1. The Bertz CT molecular complexity index is 985. The third kappa shape index (κ3) is 4.76. The molecule has 1 aromatic carbocycles. The minimum Gasteiger partial charge on any atom is -0.459 e. The molecule has 158 valence electrons. The molecule has 0 atom stereocenters. The van der Waals surface area contributed by atoms with Crippen molar-refractivity contribution < 1.29 is 14.1 Å². The first-order valence-electron chi connectivity index (χ1n) is 9.89. The first-order valence-corrected chi connectivity index (χ1v) is 9.89. The number of carbonyl (C=O) groups is 1. The third-order valence-corrected chi connectivity index (χ3v) is 4.59. The summed E-state index contributed by atoms with van der Waals surface area (Å²) in [5, 5.41) is 16.2. The zero-order chi connectivity index (χ0) is 21.1. The van der Waals surface area contributed by atoms with E-state index in [0.717, 1.165) is 32.0 Å². The summed E-state index contributed by atoms with van der Waals surface area (Å²) in [6.45, 7) is 8.77. The highest BCUT2D eigenvalue weighted by atomic mass is 16.6. The lowest BCUT2D eigenvalue weighted by Crippen LogP contribution is -2.46. The highest BCUT2D eigenvalue weighted by Gasteiger charge is 2.22. The zero-order valence-electron chi connectivity index (χ0n) is 17.4. The predicted octanol–water partition coefficient (Wildman–Crippen LogP) is 2.00. The number of anilines is 2. The van der Waals surface area contributed by atoms with Gasteiger partial charge in [-0.1, -0.05) is 23.4 Å². The summed E-state index contributed by atoms with van der Waals surface area (Å²) >= 11 is 0. The average molecular weight is 411 g/mol. The fourth-order valence-electron chi connectivity index (χ4n) is 3.25. The Kier molecular flexibility index (Phi) is 5.39. The Morgan fingerprint density at radius 1 is 1.10 bits per heavy atom. The van der Waals surface area contributed by atoms with E-state index >= 15 is 0 Å². The number of ether oxygens (including phenoxy) is 1. The van der Waals surface area contributed by atoms with Crippen molar-refractivity contribution in [3.05, 3.63) is 36.4 Å². The van der Waals surface area contributed by atoms with Gasteiger partial charge in [-0.05, 0) is 38.1 Å². The van der Waals surface area contributed by atoms with Gasteiger partial charge >= 0.3 is 5.97 Å². The molecule has 0 saturated carbocycles. The number of carbonyl (C=O) groups excluding carboxylic acids is 1. The number of benzene rings is 1. The van der Waals surface area contributed by atoms with Crippen molar-refractivity contribution >= 4 is 17.5 Å². The smallest absolute Gasteiger partial charge is 0.330 e. The van der Waals surface area contributed by atoms with E-state index in [4.69, 9.17) is 9.26 Å². The van der Waals surface area contributed by atoms with Gasteiger partial charge in [-0.15, -0.1) is 10.2 Å². The van der Waals surface area contributed by atoms with Gasteiger partial charge in [0, 0.05) is 37.9 Å². The number of piperazine rings is 1. The van der Waals surface area contributed by atoms with Crippen LogP contribution in [0, 0.1) is 0 Å². The molecule has 30 heavy (non-hydrogen) atoms. The zero-order valence-corrected chi connectivity index (χ0v) is 17.4. The van der Waals surface area contributed by atoms with E-state index in [9.17, 15) is 4.79 Å². The van der Waals surface area contributed by atoms with Crippen LogP contribution >= 0.6 is 0 Å². The molecule has 0 spiro atoms. The minimum atomic E-state index is -0.565. The standard InChI is InChI=1S/C20H25N7O3/c1-20(2,3)29-18(28)14-27-22-19(21-24-27)16-13-17(23-30-16)26-11-9-25(10-12-26)15-7-5-4-6-8-15/h4-8,13H,9-12,14H2,1-3H3. The van der Waals surface area contributed by atoms with E-state index in [-0.39, 0.29) is 12.4 Å². The highest BCUT2D eigenvalue weighted by Crippen LogP contribution is 2.23. The number of tetrazole rings is 1. The first kappa shape index (κ1) is 19.9. The SMILES string of the molecule is CC(C)(C)OC(=O)Cn1nnc(-c2cc(N3CCN(c4ccccc4)CC3)no2)n1. The van der Waals surface area contributed by atoms with Crippen LogP contribution in [0.15, 0.2) is 40.9 Å². The van der Waals surface area contributed by atoms with Gasteiger partial charge in [-0.3, -0.25) is 0 Å². The molecule has 0 amide bonds. The van der Waals surface area contributed by atoms with Gasteiger partial charge in [0.2, 0.25) is 11.6 Å². The van der Waals surface area contributed by atoms with Crippen LogP contribution in [-0.4, -0.2) is 63.1 Å². The molecular formula is C20H25N7O3. The molecule has 1 aliphatic heterocycles. The van der Waals surface area contributed by atoms with Crippen LogP contribution in [-0.2, 0) is 16.1 Å². The fraction of sp³-hybridized carbons (Fsp3) is 0.450. The summed E-state index contributed by atoms with van der Waals surface area (Å²) in [4.78, 5) is 17.6. The van der Waals surface area contributed by atoms with E-state index in [1.807, 2.05) is 6.07 Å². The lowest BCUT2D eigenvalue weighted by atomic mass is 10.2. The molecule has 3 heterocycles. The molecule has 10 heteroatoms. The molecule has 0 radical (unpaired) electrons. The van der Waals surface area contributed by atoms with Crippen LogP contribution in [0.1, 0.15) is 20.8 Å². The van der Waals surface area contributed by atoms with Gasteiger partial charge < -0.3 is 19.1 Å². The Morgan fingerprint density at radius 3 is 2.50 bits per heavy atom. The Labute approximate surface area is 174 Å². The summed E-state index contributed by atoms with van der Waals surface area (Å²) in [7, 11) is 0. The molecule has 2 aromatic heterocycles. The predicted molar refractivity (Wildman–Crippen MR) is 110 cm³/mol. The van der Waals surface area contributed by atoms with Gasteiger partial charge in [0.15, 0.2) is 12.4 Å². The van der Waals surface area contributed by atoms with E-state index < -0.39 is 11.6 Å². The summed E-state index contributed by atoms with van der Waals surface area (Å²) in [6, 6.07) is 12.2. The highest BCUT2D eigenvalue weighted by molar-refractivity contribution is 5.69. The van der Waals surface area contributed by atoms with Crippen LogP contribution < -0.4 is 9.80 Å². The normalized spacial score (nSPS) is 14.8. The molecule has 1 saturated heterocycles. The second kappa shape index (κ2) is 8.13. The third-order valence-electron chi connectivity index (χ3n) is 4.59. The average Bonchev–Trinajstić information content (AvgIpc) is 3.37. The second-order valence-electron chi connectivity index (χ2n) is 8.09. The largest absolute Gasteiger partial charge is 0.459 e. The lowest BCUT2D eigenvalue weighted by Gasteiger charge is -2.35. The molecular weight excluding hydrogens is 386 g/mol. The van der Waals surface area contributed by atoms with Crippen molar-refractivity contribution in [2.24, 2.45) is 0 Å². The molecule has 0 bridgehead atoms. The maximum absolute atomic E-state index is 11.9. The van der Waals surface area contributed by atoms with Gasteiger partial charge in [0.05, 0.1) is 0 Å². The fourth-order valence-corrected chi connectivity index (χ4v) is 3.25. The summed E-state index contributed by atoms with van der Waals surface area (Å²) in [6.07, 6.45) is 0. The maximum atomic E-state index is 11.9. The molecule has 0 unspecified atom stereocenters. The number of hydrogen-bond donors (Lipinski definition) is 0. The Morgan fingerprint density at radius 2 is 1.80 bits per heavy atom. The monoisotopic (exact) mass is 411 g/mol. The van der Waals surface area contributed by atoms with Crippen LogP contribution in [0.3, 0.4) is 0 Å². The van der Waals surface area contributed by atoms with Crippen molar-refractivity contribution in [3.63, 3.8) is 0 Å². The molecule has 0 aliphatic carbocycles. The van der Waals surface area contributed by atoms with Crippen molar-refractivity contribution in [2.45, 2.75) is 32.9 Å². The molecule has 3 aromatic rings. The van der Waals surface area contributed by atoms with Gasteiger partial charge in [-0.25, -0.2) is 4.79 Å². The lowest BCUT2D eigenvalue weighted by molar-refractivity contribution is -0.156. The van der Waals surface area contributed by atoms with Crippen molar-refractivity contribution in [2.75, 3.05) is 36.0 Å². The van der Waals surface area contributed by atoms with Crippen LogP contribution in [0.4, 0.5) is 11.5 Å². The number of para-hydroxylation sites is 1. The minimum absolute atomic E-state index is 0.118. The summed E-state index contributed by atoms with van der Waals surface area (Å²) in [5.74, 6) is 0.994. The molecule has 10 nitrogen and oxygen atoms in total. The molecule has 1 fully saturated rings. The number of aromatic nitrogens is 5. The van der Waals surface area contributed by atoms with E-state index in [0.29, 0.717) is 5.76 Å². The van der Waals surface area contributed by atoms with Crippen molar-refractivity contribution in [1.29, 1.82) is 0 Å². The van der Waals surface area contributed by atoms with Gasteiger partial charge in [-0.2, -0.15) is 4.80 Å². The second-order valence-corrected chi connectivity index (χ2v) is 8.09. The van der Waals surface area contributed by atoms with Gasteiger partial charge in [0.1, 0.15) is 5.60 Å². The molecule has 4 rings (SSSR count). The summed E-state index contributed by atoms with van der Waals surface area (Å²) < 4.78 is 10.7. The van der Waals surface area contributed by atoms with Crippen molar-refractivity contribution in [1.82, 2.24) is 25.4 Å². The number of hydrogen-bond acceptors (Lipinski definition) is 9. The van der Waals surface area contributed by atoms with E-state index in [1.54, 1.807) is 26.8 Å². The summed E-state index contributed by atoms with van der Waals surface area (Å²) in [5.41, 5.74) is 0.661. The van der Waals surface area contributed by atoms with Crippen molar-refractivity contribution in [3.8, 4) is 11.6 Å². The molecule has 1 aliphatic rings.